The van der Waals surface area contributed by atoms with E-state index >= 15 is 0 Å². The van der Waals surface area contributed by atoms with Crippen LogP contribution in [0, 0.1) is 0 Å². The number of quaternary nitrogens is 1. The fourth-order valence-corrected chi connectivity index (χ4v) is 3.06. The molecular formula is C16H30N3O+. The fourth-order valence-electron chi connectivity index (χ4n) is 3.06. The van der Waals surface area contributed by atoms with Gasteiger partial charge in [0.05, 0.1) is 12.8 Å². The third-order valence-corrected chi connectivity index (χ3v) is 4.30. The zero-order valence-electron chi connectivity index (χ0n) is 13.4. The normalized spacial score (nSPS) is 27.1. The predicted molar refractivity (Wildman–Crippen MR) is 84.5 cm³/mol. The molecule has 0 bridgehead atoms. The third-order valence-electron chi connectivity index (χ3n) is 4.30. The molecule has 1 N–H and O–H groups in total. The molecular weight excluding hydrogens is 250 g/mol. The quantitative estimate of drug-likeness (QED) is 0.414. The average molecular weight is 280 g/mol. The van der Waals surface area contributed by atoms with Crippen LogP contribution < -0.4 is 5.32 Å². The van der Waals surface area contributed by atoms with E-state index in [2.05, 4.69) is 43.2 Å². The first-order valence-corrected chi connectivity index (χ1v) is 7.87. The summed E-state index contributed by atoms with van der Waals surface area (Å²) in [6, 6.07) is 0. The van der Waals surface area contributed by atoms with Crippen molar-refractivity contribution in [3.05, 3.63) is 12.2 Å². The SMILES string of the molecule is CC/C=C/CCCC1N=CC[N+]1(CC)C(C)NC(C)=O. The number of amides is 1. The summed E-state index contributed by atoms with van der Waals surface area (Å²) in [6.07, 6.45) is 11.4. The maximum Gasteiger partial charge on any atom is 0.221 e. The Morgan fingerprint density at radius 1 is 1.50 bits per heavy atom. The molecule has 1 amide bonds. The Bertz CT molecular complexity index is 365. The highest BCUT2D eigenvalue weighted by molar-refractivity contribution is 5.73. The van der Waals surface area contributed by atoms with Crippen molar-refractivity contribution in [2.45, 2.75) is 65.7 Å². The van der Waals surface area contributed by atoms with Crippen LogP contribution in [0.4, 0.5) is 0 Å². The molecule has 20 heavy (non-hydrogen) atoms. The van der Waals surface area contributed by atoms with E-state index in [1.807, 2.05) is 6.21 Å². The Morgan fingerprint density at radius 2 is 2.25 bits per heavy atom. The van der Waals surface area contributed by atoms with Gasteiger partial charge in [-0.15, -0.1) is 0 Å². The van der Waals surface area contributed by atoms with Gasteiger partial charge in [0.1, 0.15) is 6.54 Å². The molecule has 0 aromatic carbocycles. The summed E-state index contributed by atoms with van der Waals surface area (Å²) < 4.78 is 0.858. The number of nitrogens with one attached hydrogen (secondary N) is 1. The van der Waals surface area contributed by atoms with E-state index < -0.39 is 0 Å². The number of aliphatic imine (C=N–C) groups is 1. The van der Waals surface area contributed by atoms with Gasteiger partial charge in [-0.25, -0.2) is 4.99 Å². The number of allylic oxidation sites excluding steroid dienone is 2. The monoisotopic (exact) mass is 280 g/mol. The Hall–Kier alpha value is -1.16. The average Bonchev–Trinajstić information content (AvgIpc) is 2.82. The van der Waals surface area contributed by atoms with Gasteiger partial charge in [0, 0.05) is 20.3 Å². The largest absolute Gasteiger partial charge is 0.307 e. The minimum Gasteiger partial charge on any atom is -0.307 e. The molecule has 0 saturated carbocycles. The smallest absolute Gasteiger partial charge is 0.221 e. The standard InChI is InChI=1S/C16H29N3O/c1-5-7-8-9-10-11-16-17-12-13-19(16,6-2)14(3)18-15(4)20/h7-8,12,14,16H,5-6,9-11,13H2,1-4H3/p+1/b8-7+. The van der Waals surface area contributed by atoms with E-state index in [4.69, 9.17) is 0 Å². The van der Waals surface area contributed by atoms with Gasteiger partial charge < -0.3 is 5.32 Å². The van der Waals surface area contributed by atoms with Crippen molar-refractivity contribution in [2.24, 2.45) is 4.99 Å². The van der Waals surface area contributed by atoms with Gasteiger partial charge in [-0.2, -0.15) is 0 Å². The van der Waals surface area contributed by atoms with Gasteiger partial charge in [-0.3, -0.25) is 9.28 Å². The molecule has 1 rings (SSSR count). The predicted octanol–water partition coefficient (Wildman–Crippen LogP) is 2.85. The fraction of sp³-hybridized carbons (Fsp3) is 0.750. The Morgan fingerprint density at radius 3 is 2.85 bits per heavy atom. The Kier molecular flexibility index (Phi) is 6.93. The van der Waals surface area contributed by atoms with Gasteiger partial charge >= 0.3 is 0 Å². The molecule has 0 saturated heterocycles. The van der Waals surface area contributed by atoms with Crippen LogP contribution in [0.5, 0.6) is 0 Å². The van der Waals surface area contributed by atoms with Crippen molar-refractivity contribution in [1.82, 2.24) is 5.32 Å². The van der Waals surface area contributed by atoms with Gasteiger partial charge in [-0.05, 0) is 26.2 Å². The number of carbonyl (C=O) groups excluding carboxylic acids is 1. The maximum atomic E-state index is 11.3. The second-order valence-electron chi connectivity index (χ2n) is 5.60. The third kappa shape index (κ3) is 4.17. The number of hydrogen-bond acceptors (Lipinski definition) is 2. The molecule has 0 spiro atoms. The lowest BCUT2D eigenvalue weighted by Gasteiger charge is -2.42. The van der Waals surface area contributed by atoms with Crippen LogP contribution in [0.2, 0.25) is 0 Å². The van der Waals surface area contributed by atoms with Crippen LogP contribution in [0.3, 0.4) is 0 Å². The molecule has 3 atom stereocenters. The molecule has 114 valence electrons. The van der Waals surface area contributed by atoms with E-state index in [0.29, 0.717) is 0 Å². The summed E-state index contributed by atoms with van der Waals surface area (Å²) in [5, 5.41) is 3.06. The van der Waals surface area contributed by atoms with Gasteiger partial charge in [0.15, 0.2) is 12.3 Å². The van der Waals surface area contributed by atoms with Crippen LogP contribution in [-0.2, 0) is 4.79 Å². The molecule has 1 aliphatic heterocycles. The molecule has 4 nitrogen and oxygen atoms in total. The lowest BCUT2D eigenvalue weighted by atomic mass is 10.1. The van der Waals surface area contributed by atoms with E-state index in [-0.39, 0.29) is 18.2 Å². The zero-order chi connectivity index (χ0) is 15.0. The number of nitrogens with zero attached hydrogens (tertiary/aromatic N) is 2. The minimum atomic E-state index is 0.0416. The molecule has 0 aliphatic carbocycles. The summed E-state index contributed by atoms with van der Waals surface area (Å²) in [5.41, 5.74) is 0. The first kappa shape index (κ1) is 16.9. The van der Waals surface area contributed by atoms with Gasteiger partial charge in [-0.1, -0.05) is 19.1 Å². The number of unbranched alkanes of at least 4 members (excludes halogenated alkanes) is 1. The van der Waals surface area contributed by atoms with Gasteiger partial charge in [0.25, 0.3) is 0 Å². The second kappa shape index (κ2) is 8.20. The topological polar surface area (TPSA) is 41.5 Å². The van der Waals surface area contributed by atoms with Crippen molar-refractivity contribution < 1.29 is 9.28 Å². The summed E-state index contributed by atoms with van der Waals surface area (Å²) >= 11 is 0. The molecule has 4 heteroatoms. The molecule has 0 aromatic heterocycles. The summed E-state index contributed by atoms with van der Waals surface area (Å²) in [4.78, 5) is 16.0. The van der Waals surface area contributed by atoms with Crippen molar-refractivity contribution in [2.75, 3.05) is 13.1 Å². The van der Waals surface area contributed by atoms with E-state index in [1.165, 1.54) is 0 Å². The lowest BCUT2D eigenvalue weighted by Crippen LogP contribution is -2.63. The van der Waals surface area contributed by atoms with E-state index in [9.17, 15) is 4.79 Å². The van der Waals surface area contributed by atoms with Crippen LogP contribution in [0.1, 0.15) is 53.4 Å². The highest BCUT2D eigenvalue weighted by atomic mass is 16.1. The first-order valence-electron chi connectivity index (χ1n) is 7.87. The molecule has 1 aliphatic rings. The van der Waals surface area contributed by atoms with Crippen LogP contribution >= 0.6 is 0 Å². The van der Waals surface area contributed by atoms with Gasteiger partial charge in [0.2, 0.25) is 5.91 Å². The van der Waals surface area contributed by atoms with Crippen molar-refractivity contribution >= 4 is 12.1 Å². The molecule has 3 unspecified atom stereocenters. The van der Waals surface area contributed by atoms with Crippen molar-refractivity contribution in [3.8, 4) is 0 Å². The zero-order valence-corrected chi connectivity index (χ0v) is 13.4. The molecule has 0 fully saturated rings. The van der Waals surface area contributed by atoms with Crippen LogP contribution in [-0.4, -0.2) is 42.0 Å². The number of carbonyl (C=O) groups is 1. The number of rotatable bonds is 8. The van der Waals surface area contributed by atoms with Crippen LogP contribution in [0.25, 0.3) is 0 Å². The summed E-state index contributed by atoms with van der Waals surface area (Å²) in [5.74, 6) is 0.0416. The molecule has 0 radical (unpaired) electrons. The van der Waals surface area contributed by atoms with Crippen molar-refractivity contribution in [3.63, 3.8) is 0 Å². The first-order chi connectivity index (χ1) is 9.56. The Balaban J connectivity index is 2.60. The number of hydrogen-bond donors (Lipinski definition) is 1. The van der Waals surface area contributed by atoms with Crippen LogP contribution in [0.15, 0.2) is 17.1 Å². The highest BCUT2D eigenvalue weighted by Gasteiger charge is 2.42. The molecule has 0 aromatic rings. The summed E-state index contributed by atoms with van der Waals surface area (Å²) in [6.45, 7) is 9.96. The Labute approximate surface area is 123 Å². The highest BCUT2D eigenvalue weighted by Crippen LogP contribution is 2.26. The summed E-state index contributed by atoms with van der Waals surface area (Å²) in [7, 11) is 0. The van der Waals surface area contributed by atoms with Crippen molar-refractivity contribution in [1.29, 1.82) is 0 Å². The minimum absolute atomic E-state index is 0.0416. The lowest BCUT2D eigenvalue weighted by molar-refractivity contribution is -0.959. The maximum absolute atomic E-state index is 11.3. The van der Waals surface area contributed by atoms with E-state index in [1.54, 1.807) is 6.92 Å². The van der Waals surface area contributed by atoms with E-state index in [0.717, 1.165) is 43.3 Å². The second-order valence-corrected chi connectivity index (χ2v) is 5.60. The molecule has 1 heterocycles.